The summed E-state index contributed by atoms with van der Waals surface area (Å²) >= 11 is 3.45. The number of halogens is 1. The lowest BCUT2D eigenvalue weighted by Crippen LogP contribution is -2.12. The molecule has 0 amide bonds. The lowest BCUT2D eigenvalue weighted by atomic mass is 9.99. The van der Waals surface area contributed by atoms with Crippen LogP contribution < -0.4 is 0 Å². The highest BCUT2D eigenvalue weighted by molar-refractivity contribution is 9.10. The van der Waals surface area contributed by atoms with Crippen LogP contribution in [-0.4, -0.2) is 35.9 Å². The third-order valence-corrected chi connectivity index (χ3v) is 6.87. The summed E-state index contributed by atoms with van der Waals surface area (Å²) in [6.45, 7) is 0. The maximum absolute atomic E-state index is 13.5. The molecule has 168 valence electrons. The summed E-state index contributed by atoms with van der Waals surface area (Å²) in [5.74, 6) is 0.268. The number of nitrogens with one attached hydrogen (secondary N) is 2. The molecule has 0 unspecified atom stereocenters. The molecule has 1 atom stereocenters. The number of benzene rings is 2. The largest absolute Gasteiger partial charge is 0.449 e. The minimum Gasteiger partial charge on any atom is -0.449 e. The fraction of sp³-hybridized carbons (Fsp3) is 0.0385. The Hall–Kier alpha value is -4.37. The quantitative estimate of drug-likeness (QED) is 0.293. The molecule has 8 nitrogen and oxygen atoms in total. The van der Waals surface area contributed by atoms with Gasteiger partial charge in [0.15, 0.2) is 11.8 Å². The van der Waals surface area contributed by atoms with E-state index in [9.17, 15) is 4.79 Å². The number of H-pyrrole nitrogens is 2. The van der Waals surface area contributed by atoms with Crippen molar-refractivity contribution in [1.82, 2.24) is 29.9 Å². The van der Waals surface area contributed by atoms with E-state index in [0.717, 1.165) is 44.7 Å². The van der Waals surface area contributed by atoms with Crippen LogP contribution in [0, 0.1) is 0 Å². The van der Waals surface area contributed by atoms with Crippen LogP contribution in [-0.2, 0) is 4.74 Å². The predicted molar refractivity (Wildman–Crippen MR) is 134 cm³/mol. The van der Waals surface area contributed by atoms with Crippen molar-refractivity contribution in [3.63, 3.8) is 0 Å². The van der Waals surface area contributed by atoms with Gasteiger partial charge in [0.2, 0.25) is 0 Å². The molecular weight excluding hydrogens is 508 g/mol. The van der Waals surface area contributed by atoms with E-state index < -0.39 is 12.1 Å². The normalized spacial score (nSPS) is 14.3. The van der Waals surface area contributed by atoms with Gasteiger partial charge in [-0.05, 0) is 27.6 Å². The minimum atomic E-state index is -0.572. The van der Waals surface area contributed by atoms with Gasteiger partial charge >= 0.3 is 5.97 Å². The van der Waals surface area contributed by atoms with E-state index in [4.69, 9.17) is 9.72 Å². The topological polar surface area (TPSA) is 109 Å². The fourth-order valence-corrected chi connectivity index (χ4v) is 5.22. The minimum absolute atomic E-state index is 0.361. The predicted octanol–water partition coefficient (Wildman–Crippen LogP) is 5.59. The lowest BCUT2D eigenvalue weighted by molar-refractivity contribution is 0.0387. The first-order valence-electron chi connectivity index (χ1n) is 10.9. The smallest absolute Gasteiger partial charge is 0.342 e. The first-order chi connectivity index (χ1) is 17.2. The van der Waals surface area contributed by atoms with Crippen molar-refractivity contribution in [2.45, 2.75) is 6.10 Å². The second-order valence-corrected chi connectivity index (χ2v) is 9.06. The SMILES string of the molecule is O=C(O[C@@H]1c2ccccc2-c2c(-c3nc4ccncc4[nH]3)cccc21)c1c(Br)cnc2nc[nH]c12. The highest BCUT2D eigenvalue weighted by Gasteiger charge is 2.35. The van der Waals surface area contributed by atoms with Gasteiger partial charge in [0.1, 0.15) is 16.9 Å². The van der Waals surface area contributed by atoms with Gasteiger partial charge in [0.05, 0.1) is 28.0 Å². The molecular formula is C26H15BrN6O2. The zero-order valence-corrected chi connectivity index (χ0v) is 19.6. The molecule has 4 heterocycles. The Bertz CT molecular complexity index is 1760. The molecule has 2 aromatic carbocycles. The number of esters is 1. The number of imidazole rings is 2. The van der Waals surface area contributed by atoms with Crippen molar-refractivity contribution in [2.24, 2.45) is 0 Å². The van der Waals surface area contributed by atoms with Crippen LogP contribution in [0.5, 0.6) is 0 Å². The zero-order chi connectivity index (χ0) is 23.5. The third-order valence-electron chi connectivity index (χ3n) is 6.27. The molecule has 6 aromatic rings. The summed E-state index contributed by atoms with van der Waals surface area (Å²) in [4.78, 5) is 37.2. The van der Waals surface area contributed by atoms with Crippen LogP contribution in [0.4, 0.5) is 0 Å². The number of ether oxygens (including phenoxy) is 1. The average Bonchev–Trinajstić information content (AvgIpc) is 3.60. The number of pyridine rings is 2. The van der Waals surface area contributed by atoms with Crippen molar-refractivity contribution >= 4 is 44.1 Å². The molecule has 35 heavy (non-hydrogen) atoms. The summed E-state index contributed by atoms with van der Waals surface area (Å²) in [6, 6.07) is 15.8. The molecule has 0 saturated carbocycles. The number of hydrogen-bond donors (Lipinski definition) is 2. The molecule has 0 aliphatic heterocycles. The van der Waals surface area contributed by atoms with E-state index in [0.29, 0.717) is 21.2 Å². The third kappa shape index (κ3) is 3.01. The van der Waals surface area contributed by atoms with Gasteiger partial charge in [0.25, 0.3) is 0 Å². The number of carbonyl (C=O) groups excluding carboxylic acids is 1. The van der Waals surface area contributed by atoms with E-state index in [2.05, 4.69) is 40.8 Å². The van der Waals surface area contributed by atoms with Crippen molar-refractivity contribution < 1.29 is 9.53 Å². The van der Waals surface area contributed by atoms with Gasteiger partial charge < -0.3 is 14.7 Å². The van der Waals surface area contributed by atoms with Crippen LogP contribution in [0.1, 0.15) is 27.6 Å². The summed E-state index contributed by atoms with van der Waals surface area (Å²) in [5.41, 5.74) is 7.81. The Balaban J connectivity index is 1.37. The molecule has 0 fully saturated rings. The van der Waals surface area contributed by atoms with E-state index in [-0.39, 0.29) is 0 Å². The van der Waals surface area contributed by atoms with Crippen LogP contribution in [0.25, 0.3) is 44.7 Å². The zero-order valence-electron chi connectivity index (χ0n) is 18.0. The Morgan fingerprint density at radius 2 is 1.83 bits per heavy atom. The van der Waals surface area contributed by atoms with E-state index in [1.54, 1.807) is 18.6 Å². The van der Waals surface area contributed by atoms with Crippen LogP contribution in [0.3, 0.4) is 0 Å². The summed E-state index contributed by atoms with van der Waals surface area (Å²) in [6.07, 6.45) is 5.98. The summed E-state index contributed by atoms with van der Waals surface area (Å²) in [7, 11) is 0. The highest BCUT2D eigenvalue weighted by atomic mass is 79.9. The van der Waals surface area contributed by atoms with E-state index in [1.165, 1.54) is 6.33 Å². The summed E-state index contributed by atoms with van der Waals surface area (Å²) in [5, 5.41) is 0. The van der Waals surface area contributed by atoms with Gasteiger partial charge in [0, 0.05) is 34.6 Å². The van der Waals surface area contributed by atoms with Gasteiger partial charge in [-0.1, -0.05) is 42.5 Å². The maximum Gasteiger partial charge on any atom is 0.342 e. The average molecular weight is 523 g/mol. The molecule has 0 radical (unpaired) electrons. The highest BCUT2D eigenvalue weighted by Crippen LogP contribution is 2.49. The monoisotopic (exact) mass is 522 g/mol. The van der Waals surface area contributed by atoms with Crippen LogP contribution in [0.2, 0.25) is 0 Å². The molecule has 1 aliphatic rings. The molecule has 4 aromatic heterocycles. The Kier molecular flexibility index (Phi) is 4.34. The maximum atomic E-state index is 13.5. The number of aromatic amines is 2. The number of nitrogens with zero attached hydrogens (tertiary/aromatic N) is 4. The molecule has 0 saturated heterocycles. The molecule has 0 bridgehead atoms. The van der Waals surface area contributed by atoms with Crippen LogP contribution in [0.15, 0.2) is 77.9 Å². The van der Waals surface area contributed by atoms with E-state index >= 15 is 0 Å². The fourth-order valence-electron chi connectivity index (χ4n) is 4.76. The number of rotatable bonds is 3. The van der Waals surface area contributed by atoms with Crippen molar-refractivity contribution in [1.29, 1.82) is 0 Å². The molecule has 9 heteroatoms. The van der Waals surface area contributed by atoms with Crippen molar-refractivity contribution in [3.8, 4) is 22.5 Å². The number of carbonyl (C=O) groups is 1. The van der Waals surface area contributed by atoms with Crippen molar-refractivity contribution in [3.05, 3.63) is 94.6 Å². The summed E-state index contributed by atoms with van der Waals surface area (Å²) < 4.78 is 6.71. The first kappa shape index (κ1) is 20.0. The number of hydrogen-bond acceptors (Lipinski definition) is 6. The standard InChI is InChI=1S/C26H15BrN6O2/c27-17-10-29-25-22(30-12-31-25)21(17)26(34)35-23-14-5-2-1-4-13(14)20-15(23)6-3-7-16(20)24-32-18-8-9-28-11-19(18)33-24/h1-12,23H,(H,32,33)(H,29,30,31)/t23-/m1/s1. The Labute approximate surface area is 206 Å². The molecule has 1 aliphatic carbocycles. The molecule has 2 N–H and O–H groups in total. The Morgan fingerprint density at radius 3 is 2.74 bits per heavy atom. The molecule has 0 spiro atoms. The molecule has 7 rings (SSSR count). The number of fused-ring (bicyclic) bond motifs is 5. The van der Waals surface area contributed by atoms with Gasteiger partial charge in [-0.2, -0.15) is 0 Å². The Morgan fingerprint density at radius 1 is 0.971 bits per heavy atom. The lowest BCUT2D eigenvalue weighted by Gasteiger charge is -2.16. The van der Waals surface area contributed by atoms with Crippen molar-refractivity contribution in [2.75, 3.05) is 0 Å². The van der Waals surface area contributed by atoms with Gasteiger partial charge in [-0.15, -0.1) is 0 Å². The van der Waals surface area contributed by atoms with Gasteiger partial charge in [-0.3, -0.25) is 4.98 Å². The van der Waals surface area contributed by atoms with E-state index in [1.807, 2.05) is 48.5 Å². The second kappa shape index (κ2) is 7.57. The number of aromatic nitrogens is 6. The first-order valence-corrected chi connectivity index (χ1v) is 11.7. The second-order valence-electron chi connectivity index (χ2n) is 8.20. The van der Waals surface area contributed by atoms with Crippen LogP contribution >= 0.6 is 15.9 Å². The van der Waals surface area contributed by atoms with Gasteiger partial charge in [-0.25, -0.2) is 19.7 Å².